The van der Waals surface area contributed by atoms with Crippen molar-refractivity contribution in [3.63, 3.8) is 0 Å². The van der Waals surface area contributed by atoms with Crippen molar-refractivity contribution >= 4 is 5.91 Å². The van der Waals surface area contributed by atoms with Crippen LogP contribution in [0.2, 0.25) is 0 Å². The molecule has 107 heavy (non-hydrogen) atoms. The van der Waals surface area contributed by atoms with Gasteiger partial charge in [-0.05, 0) is 38.5 Å². The first-order valence-corrected chi connectivity index (χ1v) is 45.4. The van der Waals surface area contributed by atoms with Gasteiger partial charge in [0, 0.05) is 6.42 Å². The van der Waals surface area contributed by atoms with Crippen molar-refractivity contribution in [3.8, 4) is 0 Å². The van der Waals surface area contributed by atoms with E-state index in [2.05, 4.69) is 31.3 Å². The Labute approximate surface area is 652 Å². The third-order valence-corrected chi connectivity index (χ3v) is 23.1. The number of amides is 1. The van der Waals surface area contributed by atoms with Gasteiger partial charge >= 0.3 is 0 Å². The second-order valence-electron chi connectivity index (χ2n) is 32.8. The van der Waals surface area contributed by atoms with Crippen molar-refractivity contribution in [1.29, 1.82) is 0 Å². The molecule has 19 heteroatoms. The fourth-order valence-corrected chi connectivity index (χ4v) is 15.8. The van der Waals surface area contributed by atoms with Crippen LogP contribution in [0.4, 0.5) is 0 Å². The zero-order chi connectivity index (χ0) is 77.4. The minimum absolute atomic E-state index is 0.233. The molecule has 17 atom stereocenters. The molecule has 3 aliphatic rings. The van der Waals surface area contributed by atoms with E-state index in [0.717, 1.165) is 44.9 Å². The molecule has 0 bridgehead atoms. The van der Waals surface area contributed by atoms with Gasteiger partial charge in [0.15, 0.2) is 18.9 Å². The Morgan fingerprint density at radius 2 is 0.589 bits per heavy atom. The lowest BCUT2D eigenvalue weighted by Gasteiger charge is -2.48. The van der Waals surface area contributed by atoms with Crippen LogP contribution in [0, 0.1) is 0 Å². The van der Waals surface area contributed by atoms with Crippen molar-refractivity contribution in [2.75, 3.05) is 26.4 Å². The van der Waals surface area contributed by atoms with Crippen LogP contribution in [0.5, 0.6) is 0 Å². The maximum absolute atomic E-state index is 13.5. The van der Waals surface area contributed by atoms with E-state index < -0.39 is 124 Å². The van der Waals surface area contributed by atoms with E-state index >= 15 is 0 Å². The zero-order valence-corrected chi connectivity index (χ0v) is 68.4. The molecule has 0 spiro atoms. The summed E-state index contributed by atoms with van der Waals surface area (Å²) in [5.74, 6) is -0.233. The Hall–Kier alpha value is -1.47. The molecule has 0 aromatic heterocycles. The van der Waals surface area contributed by atoms with Gasteiger partial charge in [-0.2, -0.15) is 0 Å². The smallest absolute Gasteiger partial charge is 0.220 e. The molecule has 3 aliphatic heterocycles. The lowest BCUT2D eigenvalue weighted by atomic mass is 9.96. The minimum atomic E-state index is -1.97. The molecule has 3 rings (SSSR count). The van der Waals surface area contributed by atoms with Crippen LogP contribution in [0.15, 0.2) is 12.2 Å². The number of unbranched alkanes of at least 4 members (excludes halogenated alkanes) is 57. The number of hydrogen-bond donors (Lipinski definition) is 12. The third kappa shape index (κ3) is 47.9. The number of nitrogens with one attached hydrogen (secondary N) is 1. The van der Waals surface area contributed by atoms with Crippen LogP contribution >= 0.6 is 0 Å². The van der Waals surface area contributed by atoms with Crippen LogP contribution in [0.3, 0.4) is 0 Å². The van der Waals surface area contributed by atoms with Crippen molar-refractivity contribution in [2.45, 2.75) is 516 Å². The third-order valence-electron chi connectivity index (χ3n) is 23.1. The van der Waals surface area contributed by atoms with Gasteiger partial charge in [-0.25, -0.2) is 0 Å². The molecule has 0 aliphatic carbocycles. The maximum Gasteiger partial charge on any atom is 0.220 e. The van der Waals surface area contributed by atoms with Gasteiger partial charge in [0.05, 0.1) is 38.6 Å². The highest BCUT2D eigenvalue weighted by Crippen LogP contribution is 2.34. The van der Waals surface area contributed by atoms with E-state index in [1.807, 2.05) is 0 Å². The van der Waals surface area contributed by atoms with Gasteiger partial charge in [-0.1, -0.05) is 379 Å². The van der Waals surface area contributed by atoms with Crippen LogP contribution in [-0.2, 0) is 33.2 Å². The molecule has 3 heterocycles. The van der Waals surface area contributed by atoms with Crippen LogP contribution in [0.25, 0.3) is 0 Å². The molecule has 17 unspecified atom stereocenters. The summed E-state index contributed by atoms with van der Waals surface area (Å²) in [5, 5.41) is 121. The summed E-state index contributed by atoms with van der Waals surface area (Å²) in [6.07, 6.45) is 57.5. The minimum Gasteiger partial charge on any atom is -0.394 e. The van der Waals surface area contributed by atoms with Crippen molar-refractivity contribution in [2.24, 2.45) is 0 Å². The van der Waals surface area contributed by atoms with Crippen molar-refractivity contribution < 1.29 is 89.4 Å². The fourth-order valence-electron chi connectivity index (χ4n) is 15.8. The summed E-state index contributed by atoms with van der Waals surface area (Å²) >= 11 is 0. The predicted octanol–water partition coefficient (Wildman–Crippen LogP) is 17.1. The molecule has 12 N–H and O–H groups in total. The Balaban J connectivity index is 1.32. The van der Waals surface area contributed by atoms with Gasteiger partial charge in [-0.3, -0.25) is 4.79 Å². The Morgan fingerprint density at radius 3 is 0.907 bits per heavy atom. The molecule has 0 radical (unpaired) electrons. The second-order valence-corrected chi connectivity index (χ2v) is 32.8. The monoisotopic (exact) mass is 1530 g/mol. The molecule has 0 saturated carbocycles. The van der Waals surface area contributed by atoms with E-state index in [1.165, 1.54) is 334 Å². The van der Waals surface area contributed by atoms with Crippen molar-refractivity contribution in [3.05, 3.63) is 12.2 Å². The summed E-state index contributed by atoms with van der Waals surface area (Å²) in [4.78, 5) is 13.5. The van der Waals surface area contributed by atoms with E-state index in [9.17, 15) is 61.0 Å². The molecule has 1 amide bonds. The van der Waals surface area contributed by atoms with E-state index in [0.29, 0.717) is 12.8 Å². The first-order valence-electron chi connectivity index (χ1n) is 45.4. The Bertz CT molecular complexity index is 1970. The van der Waals surface area contributed by atoms with Gasteiger partial charge in [-0.15, -0.1) is 0 Å². The van der Waals surface area contributed by atoms with E-state index in [1.54, 1.807) is 0 Å². The molecule has 634 valence electrons. The number of ether oxygens (including phenoxy) is 6. The van der Waals surface area contributed by atoms with Crippen LogP contribution in [-0.4, -0.2) is 193 Å². The Kier molecular flexibility index (Phi) is 64.2. The number of carbonyl (C=O) groups excluding carboxylic acids is 1. The molecule has 3 saturated heterocycles. The first-order chi connectivity index (χ1) is 52.3. The standard InChI is InChI=1S/C88H169NO18/c1-3-5-7-9-11-13-15-17-19-21-23-25-27-29-31-33-34-35-36-38-39-41-43-45-47-49-51-53-55-57-59-61-63-65-72(93)71(89-76(94)66-64-62-60-58-56-54-52-50-48-46-44-42-40-37-32-30-28-26-24-22-20-18-16-14-12-10-8-6-4-2)70-102-86-82(100)79(97)84(74(68-91)104-86)107-88-83(101)80(98)85(75(69-92)105-88)106-87-81(99)78(96)77(95)73(67-90)103-87/h22,24,71-75,77-88,90-93,95-101H,3-21,23,25-70H2,1-2H3,(H,89,94)/b24-22-. The Morgan fingerprint density at radius 1 is 0.327 bits per heavy atom. The topological polar surface area (TPSA) is 307 Å². The van der Waals surface area contributed by atoms with E-state index in [4.69, 9.17) is 28.4 Å². The van der Waals surface area contributed by atoms with Gasteiger partial charge < -0.3 is 89.9 Å². The zero-order valence-electron chi connectivity index (χ0n) is 68.4. The summed E-state index contributed by atoms with van der Waals surface area (Å²) < 4.78 is 34.6. The number of carbonyl (C=O) groups is 1. The van der Waals surface area contributed by atoms with Gasteiger partial charge in [0.2, 0.25) is 5.91 Å². The molecule has 0 aromatic carbocycles. The predicted molar refractivity (Wildman–Crippen MR) is 430 cm³/mol. The van der Waals surface area contributed by atoms with E-state index in [-0.39, 0.29) is 18.9 Å². The molecular weight excluding hydrogens is 1360 g/mol. The lowest BCUT2D eigenvalue weighted by molar-refractivity contribution is -0.379. The molecule has 19 nitrogen and oxygen atoms in total. The quantitative estimate of drug-likeness (QED) is 0.0199. The highest BCUT2D eigenvalue weighted by atomic mass is 16.8. The lowest BCUT2D eigenvalue weighted by Crippen LogP contribution is -2.66. The molecule has 3 fully saturated rings. The second kappa shape index (κ2) is 68.9. The van der Waals surface area contributed by atoms with Gasteiger partial charge in [0.1, 0.15) is 73.2 Å². The fraction of sp³-hybridized carbons (Fsp3) is 0.966. The number of aliphatic hydroxyl groups is 11. The average molecular weight is 1530 g/mol. The highest BCUT2D eigenvalue weighted by molar-refractivity contribution is 5.76. The maximum atomic E-state index is 13.5. The summed E-state index contributed by atoms with van der Waals surface area (Å²) in [7, 11) is 0. The first kappa shape index (κ1) is 99.7. The summed E-state index contributed by atoms with van der Waals surface area (Å²) in [6, 6.07) is -0.886. The normalized spacial score (nSPS) is 25.5. The largest absolute Gasteiger partial charge is 0.394 e. The van der Waals surface area contributed by atoms with Crippen molar-refractivity contribution in [1.82, 2.24) is 5.32 Å². The van der Waals surface area contributed by atoms with Crippen LogP contribution < -0.4 is 5.32 Å². The highest BCUT2D eigenvalue weighted by Gasteiger charge is 2.54. The number of aliphatic hydroxyl groups excluding tert-OH is 11. The molecule has 0 aromatic rings. The number of hydrogen-bond acceptors (Lipinski definition) is 18. The number of rotatable bonds is 75. The van der Waals surface area contributed by atoms with Crippen LogP contribution in [0.1, 0.15) is 412 Å². The summed E-state index contributed by atoms with van der Waals surface area (Å²) in [5.41, 5.74) is 0. The molecular formula is C88H169NO18. The summed E-state index contributed by atoms with van der Waals surface area (Å²) in [6.45, 7) is 1.88. The SMILES string of the molecule is CCCCCCCCCC/C=C\CCCCCCCCCCCCCCCCCCCC(=O)NC(COC1OC(CO)C(OC2OC(CO)C(OC3OC(CO)C(O)C(O)C3O)C(O)C2O)C(O)C1O)C(O)CCCCCCCCCCCCCCCCCCCCCCCCCCCCCCCCCCC. The van der Waals surface area contributed by atoms with Gasteiger partial charge in [0.25, 0.3) is 0 Å². The average Bonchev–Trinajstić information content (AvgIpc) is 0.781. The number of allylic oxidation sites excluding steroid dienone is 2.